The van der Waals surface area contributed by atoms with Crippen LogP contribution >= 0.6 is 0 Å². The van der Waals surface area contributed by atoms with E-state index in [1.165, 1.54) is 0 Å². The molecule has 0 saturated heterocycles. The lowest BCUT2D eigenvalue weighted by molar-refractivity contribution is -0.146. The Balaban J connectivity index is 1.40. The van der Waals surface area contributed by atoms with Gasteiger partial charge in [-0.05, 0) is 48.5 Å². The minimum atomic E-state index is -0.712. The Hall–Kier alpha value is -4.13. The fourth-order valence-electron chi connectivity index (χ4n) is 2.47. The average molecular weight is 404 g/mol. The molecule has 0 fully saturated rings. The number of hydrogen-bond acceptors (Lipinski definition) is 5. The van der Waals surface area contributed by atoms with Crippen LogP contribution in [-0.4, -0.2) is 30.9 Å². The van der Waals surface area contributed by atoms with E-state index in [9.17, 15) is 14.4 Å². The van der Waals surface area contributed by atoms with Crippen molar-refractivity contribution in [1.29, 1.82) is 0 Å². The van der Waals surface area contributed by atoms with Gasteiger partial charge in [0.15, 0.2) is 6.61 Å². The van der Waals surface area contributed by atoms with Crippen LogP contribution in [0.5, 0.6) is 11.5 Å². The van der Waals surface area contributed by atoms with Gasteiger partial charge < -0.3 is 20.1 Å². The first-order valence-electron chi connectivity index (χ1n) is 9.22. The highest BCUT2D eigenvalue weighted by Crippen LogP contribution is 2.21. The van der Waals surface area contributed by atoms with E-state index in [1.807, 2.05) is 36.4 Å². The summed E-state index contributed by atoms with van der Waals surface area (Å²) in [7, 11) is 0. The Kier molecular flexibility index (Phi) is 7.16. The van der Waals surface area contributed by atoms with E-state index >= 15 is 0 Å². The third-order valence-electron chi connectivity index (χ3n) is 3.91. The lowest BCUT2D eigenvalue weighted by Gasteiger charge is -2.08. The van der Waals surface area contributed by atoms with E-state index in [4.69, 9.17) is 9.47 Å². The van der Waals surface area contributed by atoms with Crippen LogP contribution in [-0.2, 0) is 14.3 Å². The smallest absolute Gasteiger partial charge is 0.325 e. The van der Waals surface area contributed by atoms with Crippen LogP contribution in [0, 0.1) is 0 Å². The lowest BCUT2D eigenvalue weighted by Crippen LogP contribution is -2.32. The van der Waals surface area contributed by atoms with Crippen molar-refractivity contribution in [2.45, 2.75) is 0 Å². The van der Waals surface area contributed by atoms with E-state index in [1.54, 1.807) is 48.5 Å². The molecule has 0 atom stereocenters. The van der Waals surface area contributed by atoms with Gasteiger partial charge in [0.2, 0.25) is 0 Å². The first kappa shape index (κ1) is 20.6. The number of esters is 1. The molecule has 2 N–H and O–H groups in total. The molecular weight excluding hydrogens is 384 g/mol. The van der Waals surface area contributed by atoms with Gasteiger partial charge in [-0.15, -0.1) is 0 Å². The van der Waals surface area contributed by atoms with E-state index in [0.717, 1.165) is 0 Å². The molecule has 0 aliphatic carbocycles. The molecule has 30 heavy (non-hydrogen) atoms. The standard InChI is InChI=1S/C23H20N2O5/c26-21(25-18-7-3-1-4-8-18)16-29-22(27)15-24-23(28)17-11-13-20(14-12-17)30-19-9-5-2-6-10-19/h1-14H,15-16H2,(H,24,28)(H,25,26). The summed E-state index contributed by atoms with van der Waals surface area (Å²) >= 11 is 0. The van der Waals surface area contributed by atoms with Gasteiger partial charge in [0.1, 0.15) is 18.0 Å². The molecule has 0 spiro atoms. The third kappa shape index (κ3) is 6.49. The predicted octanol–water partition coefficient (Wildman–Crippen LogP) is 3.39. The monoisotopic (exact) mass is 404 g/mol. The number of amides is 2. The van der Waals surface area contributed by atoms with Gasteiger partial charge in [0, 0.05) is 11.3 Å². The summed E-state index contributed by atoms with van der Waals surface area (Å²) in [4.78, 5) is 35.7. The number of benzene rings is 3. The molecule has 0 radical (unpaired) electrons. The number of carbonyl (C=O) groups is 3. The minimum absolute atomic E-state index is 0.348. The van der Waals surface area contributed by atoms with Crippen molar-refractivity contribution in [1.82, 2.24) is 5.32 Å². The van der Waals surface area contributed by atoms with Gasteiger partial charge in [-0.1, -0.05) is 36.4 Å². The van der Waals surface area contributed by atoms with Gasteiger partial charge in [0.05, 0.1) is 0 Å². The molecule has 0 aliphatic rings. The van der Waals surface area contributed by atoms with E-state index in [0.29, 0.717) is 22.7 Å². The second-order valence-corrected chi connectivity index (χ2v) is 6.20. The second kappa shape index (κ2) is 10.4. The number of anilines is 1. The molecule has 0 aliphatic heterocycles. The summed E-state index contributed by atoms with van der Waals surface area (Å²) in [6.07, 6.45) is 0. The summed E-state index contributed by atoms with van der Waals surface area (Å²) in [5.41, 5.74) is 0.969. The first-order valence-corrected chi connectivity index (χ1v) is 9.22. The molecule has 3 aromatic rings. The Labute approximate surface area is 173 Å². The Bertz CT molecular complexity index is 989. The van der Waals surface area contributed by atoms with Crippen molar-refractivity contribution in [2.75, 3.05) is 18.5 Å². The Morgan fingerprint density at radius 3 is 2.00 bits per heavy atom. The predicted molar refractivity (Wildman–Crippen MR) is 111 cm³/mol. The maximum Gasteiger partial charge on any atom is 0.325 e. The topological polar surface area (TPSA) is 93.7 Å². The zero-order valence-electron chi connectivity index (χ0n) is 16.0. The van der Waals surface area contributed by atoms with Crippen molar-refractivity contribution in [2.24, 2.45) is 0 Å². The van der Waals surface area contributed by atoms with Crippen LogP contribution < -0.4 is 15.4 Å². The summed E-state index contributed by atoms with van der Waals surface area (Å²) < 4.78 is 10.5. The van der Waals surface area contributed by atoms with Crippen LogP contribution in [0.3, 0.4) is 0 Å². The maximum atomic E-state index is 12.2. The van der Waals surface area contributed by atoms with Gasteiger partial charge >= 0.3 is 5.97 Å². The zero-order chi connectivity index (χ0) is 21.2. The van der Waals surface area contributed by atoms with Crippen molar-refractivity contribution < 1.29 is 23.9 Å². The third-order valence-corrected chi connectivity index (χ3v) is 3.91. The number of nitrogens with one attached hydrogen (secondary N) is 2. The average Bonchev–Trinajstić information content (AvgIpc) is 2.78. The van der Waals surface area contributed by atoms with Crippen molar-refractivity contribution in [3.8, 4) is 11.5 Å². The van der Waals surface area contributed by atoms with Crippen LogP contribution in [0.1, 0.15) is 10.4 Å². The normalized spacial score (nSPS) is 10.0. The van der Waals surface area contributed by atoms with Crippen LogP contribution in [0.2, 0.25) is 0 Å². The molecule has 3 rings (SSSR count). The Morgan fingerprint density at radius 2 is 1.33 bits per heavy atom. The highest BCUT2D eigenvalue weighted by Gasteiger charge is 2.11. The molecule has 0 bridgehead atoms. The highest BCUT2D eigenvalue weighted by molar-refractivity contribution is 5.96. The molecular formula is C23H20N2O5. The van der Waals surface area contributed by atoms with Crippen molar-refractivity contribution in [3.63, 3.8) is 0 Å². The molecule has 0 aromatic heterocycles. The summed E-state index contributed by atoms with van der Waals surface area (Å²) in [6.45, 7) is -0.783. The molecule has 7 nitrogen and oxygen atoms in total. The van der Waals surface area contributed by atoms with E-state index in [-0.39, 0.29) is 6.54 Å². The first-order chi connectivity index (χ1) is 14.6. The molecule has 0 unspecified atom stereocenters. The SMILES string of the molecule is O=C(COC(=O)CNC(=O)c1ccc(Oc2ccccc2)cc1)Nc1ccccc1. The van der Waals surface area contributed by atoms with E-state index < -0.39 is 24.4 Å². The quantitative estimate of drug-likeness (QED) is 0.562. The van der Waals surface area contributed by atoms with Crippen molar-refractivity contribution >= 4 is 23.5 Å². The van der Waals surface area contributed by atoms with Gasteiger partial charge in [-0.3, -0.25) is 14.4 Å². The van der Waals surface area contributed by atoms with Gasteiger partial charge in [0.25, 0.3) is 11.8 Å². The van der Waals surface area contributed by atoms with Gasteiger partial charge in [-0.25, -0.2) is 0 Å². The number of carbonyl (C=O) groups excluding carboxylic acids is 3. The lowest BCUT2D eigenvalue weighted by atomic mass is 10.2. The number of ether oxygens (including phenoxy) is 2. The maximum absolute atomic E-state index is 12.2. The fraction of sp³-hybridized carbons (Fsp3) is 0.0870. The summed E-state index contributed by atoms with van der Waals surface area (Å²) in [6, 6.07) is 24.6. The molecule has 0 heterocycles. The fourth-order valence-corrected chi connectivity index (χ4v) is 2.47. The number of hydrogen-bond donors (Lipinski definition) is 2. The van der Waals surface area contributed by atoms with Crippen LogP contribution in [0.25, 0.3) is 0 Å². The molecule has 152 valence electrons. The summed E-state index contributed by atoms with van der Waals surface area (Å²) in [5.74, 6) is -0.340. The molecule has 0 saturated carbocycles. The van der Waals surface area contributed by atoms with Crippen LogP contribution in [0.4, 0.5) is 5.69 Å². The second-order valence-electron chi connectivity index (χ2n) is 6.20. The summed E-state index contributed by atoms with van der Waals surface area (Å²) in [5, 5.41) is 5.05. The minimum Gasteiger partial charge on any atom is -0.457 e. The van der Waals surface area contributed by atoms with E-state index in [2.05, 4.69) is 10.6 Å². The largest absolute Gasteiger partial charge is 0.457 e. The molecule has 7 heteroatoms. The zero-order valence-corrected chi connectivity index (χ0v) is 16.0. The van der Waals surface area contributed by atoms with Crippen LogP contribution in [0.15, 0.2) is 84.9 Å². The van der Waals surface area contributed by atoms with Gasteiger partial charge in [-0.2, -0.15) is 0 Å². The highest BCUT2D eigenvalue weighted by atomic mass is 16.5. The Morgan fingerprint density at radius 1 is 0.733 bits per heavy atom. The number of rotatable bonds is 8. The molecule has 3 aromatic carbocycles. The molecule has 2 amide bonds. The number of para-hydroxylation sites is 2. The van der Waals surface area contributed by atoms with Crippen molar-refractivity contribution in [3.05, 3.63) is 90.5 Å².